The van der Waals surface area contributed by atoms with E-state index in [4.69, 9.17) is 9.47 Å². The normalized spacial score (nSPS) is 13.6. The van der Waals surface area contributed by atoms with Crippen LogP contribution in [-0.4, -0.2) is 44.4 Å². The van der Waals surface area contributed by atoms with E-state index in [1.165, 1.54) is 18.4 Å². The van der Waals surface area contributed by atoms with Gasteiger partial charge in [-0.3, -0.25) is 4.79 Å². The van der Waals surface area contributed by atoms with Gasteiger partial charge in [-0.2, -0.15) is 23.1 Å². The molecule has 13 heteroatoms. The quantitative estimate of drug-likeness (QED) is 0.314. The van der Waals surface area contributed by atoms with E-state index in [0.29, 0.717) is 18.1 Å². The maximum absolute atomic E-state index is 13.3. The average molecular weight is 533 g/mol. The molecule has 0 spiro atoms. The molecule has 5 rings (SSSR count). The first kappa shape index (κ1) is 24.9. The lowest BCUT2D eigenvalue weighted by Gasteiger charge is -2.29. The molecule has 37 heavy (non-hydrogen) atoms. The molecule has 9 nitrogen and oxygen atoms in total. The molecule has 4 aromatic rings. The highest BCUT2D eigenvalue weighted by Gasteiger charge is 2.39. The number of hydrogen-bond donors (Lipinski definition) is 0. The lowest BCUT2D eigenvalue weighted by Crippen LogP contribution is -2.36. The highest BCUT2D eigenvalue weighted by Crippen LogP contribution is 2.36. The topological polar surface area (TPSA) is 95.3 Å². The summed E-state index contributed by atoms with van der Waals surface area (Å²) >= 11 is 1.54. The highest BCUT2D eigenvalue weighted by molar-refractivity contribution is 7.18. The summed E-state index contributed by atoms with van der Waals surface area (Å²) in [5, 5.41) is 7.97. The summed E-state index contributed by atoms with van der Waals surface area (Å²) in [5.74, 6) is -0.0537. The van der Waals surface area contributed by atoms with Gasteiger partial charge in [0.2, 0.25) is 5.82 Å². The zero-order valence-electron chi connectivity index (χ0n) is 20.1. The minimum atomic E-state index is -4.56. The molecule has 0 radical (unpaired) electrons. The van der Waals surface area contributed by atoms with Crippen LogP contribution in [0.2, 0.25) is 0 Å². The van der Waals surface area contributed by atoms with Gasteiger partial charge in [-0.15, -0.1) is 21.5 Å². The predicted octanol–water partition coefficient (Wildman–Crippen LogP) is 4.78. The standard InChI is InChI=1S/C24H23F3N6O3S/c1-3-4-16-12-17-20(32-9-10-33-18(13-32)30-31-22(33)24(25,26)27)28-23(29-21(17)37-16)36-15-7-5-14(6-8-15)11-19(34)35-2/h5-8,12H,3-4,9-11,13H2,1-2H3. The van der Waals surface area contributed by atoms with Crippen molar-refractivity contribution < 1.29 is 27.4 Å². The monoisotopic (exact) mass is 532 g/mol. The summed E-state index contributed by atoms with van der Waals surface area (Å²) in [6.07, 6.45) is -2.58. The number of aryl methyl sites for hydroxylation is 1. The molecule has 3 aromatic heterocycles. The summed E-state index contributed by atoms with van der Waals surface area (Å²) in [4.78, 5) is 24.5. The molecule has 1 aliphatic heterocycles. The van der Waals surface area contributed by atoms with Crippen LogP contribution in [-0.2, 0) is 41.6 Å². The fourth-order valence-corrected chi connectivity index (χ4v) is 5.28. The number of rotatable bonds is 7. The molecule has 4 heterocycles. The molecule has 0 atom stereocenters. The molecule has 0 fully saturated rings. The average Bonchev–Trinajstić information content (AvgIpc) is 3.48. The Hall–Kier alpha value is -3.74. The third kappa shape index (κ3) is 5.22. The number of nitrogens with zero attached hydrogens (tertiary/aromatic N) is 6. The number of carbonyl (C=O) groups is 1. The molecule has 0 unspecified atom stereocenters. The molecule has 0 aliphatic carbocycles. The van der Waals surface area contributed by atoms with E-state index < -0.39 is 12.0 Å². The second-order valence-corrected chi connectivity index (χ2v) is 9.64. The van der Waals surface area contributed by atoms with E-state index in [-0.39, 0.29) is 37.3 Å². The number of carbonyl (C=O) groups excluding carboxylic acids is 1. The van der Waals surface area contributed by atoms with Crippen LogP contribution in [0.15, 0.2) is 30.3 Å². The van der Waals surface area contributed by atoms with Crippen LogP contribution >= 0.6 is 11.3 Å². The summed E-state index contributed by atoms with van der Waals surface area (Å²) < 4.78 is 51.6. The molecule has 0 N–H and O–H groups in total. The zero-order valence-corrected chi connectivity index (χ0v) is 20.9. The fraction of sp³-hybridized carbons (Fsp3) is 0.375. The highest BCUT2D eigenvalue weighted by atomic mass is 32.1. The Bertz CT molecular complexity index is 1430. The van der Waals surface area contributed by atoms with Crippen LogP contribution in [0.5, 0.6) is 11.8 Å². The van der Waals surface area contributed by atoms with Crippen molar-refractivity contribution in [3.8, 4) is 11.8 Å². The molecular formula is C24H23F3N6O3S. The Morgan fingerprint density at radius 3 is 2.62 bits per heavy atom. The van der Waals surface area contributed by atoms with Gasteiger partial charge in [-0.05, 0) is 30.2 Å². The van der Waals surface area contributed by atoms with Crippen LogP contribution in [0, 0.1) is 0 Å². The molecule has 1 aliphatic rings. The van der Waals surface area contributed by atoms with E-state index in [0.717, 1.165) is 38.1 Å². The molecule has 0 amide bonds. The number of halogens is 3. The van der Waals surface area contributed by atoms with Crippen LogP contribution in [0.25, 0.3) is 10.2 Å². The minimum Gasteiger partial charge on any atom is -0.469 e. The number of methoxy groups -OCH3 is 1. The Morgan fingerprint density at radius 2 is 1.92 bits per heavy atom. The van der Waals surface area contributed by atoms with Crippen LogP contribution in [0.3, 0.4) is 0 Å². The molecule has 0 saturated heterocycles. The van der Waals surface area contributed by atoms with Crippen molar-refractivity contribution in [1.29, 1.82) is 0 Å². The van der Waals surface area contributed by atoms with E-state index in [1.54, 1.807) is 24.3 Å². The first-order chi connectivity index (χ1) is 17.7. The Labute approximate surface area is 213 Å². The third-order valence-electron chi connectivity index (χ3n) is 5.91. The lowest BCUT2D eigenvalue weighted by atomic mass is 10.1. The van der Waals surface area contributed by atoms with Gasteiger partial charge >= 0.3 is 18.2 Å². The lowest BCUT2D eigenvalue weighted by molar-refractivity contribution is -0.147. The number of esters is 1. The number of ether oxygens (including phenoxy) is 2. The van der Waals surface area contributed by atoms with Crippen molar-refractivity contribution in [3.63, 3.8) is 0 Å². The van der Waals surface area contributed by atoms with Crippen molar-refractivity contribution in [2.24, 2.45) is 0 Å². The van der Waals surface area contributed by atoms with Gasteiger partial charge < -0.3 is 18.9 Å². The number of hydrogen-bond acceptors (Lipinski definition) is 9. The van der Waals surface area contributed by atoms with Crippen molar-refractivity contribution >= 4 is 33.3 Å². The van der Waals surface area contributed by atoms with Gasteiger partial charge in [0, 0.05) is 18.0 Å². The van der Waals surface area contributed by atoms with Gasteiger partial charge in [0.1, 0.15) is 16.4 Å². The first-order valence-electron chi connectivity index (χ1n) is 11.6. The number of fused-ring (bicyclic) bond motifs is 2. The Kier molecular flexibility index (Phi) is 6.71. The summed E-state index contributed by atoms with van der Waals surface area (Å²) in [7, 11) is 1.34. The van der Waals surface area contributed by atoms with Crippen molar-refractivity contribution in [2.75, 3.05) is 18.6 Å². The molecule has 0 bridgehead atoms. The van der Waals surface area contributed by atoms with Crippen LogP contribution < -0.4 is 9.64 Å². The maximum Gasteiger partial charge on any atom is 0.451 e. The smallest absolute Gasteiger partial charge is 0.451 e. The summed E-state index contributed by atoms with van der Waals surface area (Å²) in [6.45, 7) is 2.58. The van der Waals surface area contributed by atoms with Crippen molar-refractivity contribution in [3.05, 3.63) is 52.4 Å². The number of benzene rings is 1. The van der Waals surface area contributed by atoms with Gasteiger partial charge in [0.15, 0.2) is 5.82 Å². The van der Waals surface area contributed by atoms with E-state index in [9.17, 15) is 18.0 Å². The second-order valence-electron chi connectivity index (χ2n) is 8.52. The van der Waals surface area contributed by atoms with E-state index in [1.807, 2.05) is 11.0 Å². The number of thiophene rings is 1. The van der Waals surface area contributed by atoms with Crippen LogP contribution in [0.1, 0.15) is 35.4 Å². The van der Waals surface area contributed by atoms with Crippen molar-refractivity contribution in [1.82, 2.24) is 24.7 Å². The first-order valence-corrected chi connectivity index (χ1v) is 12.4. The minimum absolute atomic E-state index is 0.0759. The van der Waals surface area contributed by atoms with E-state index in [2.05, 4.69) is 27.1 Å². The fourth-order valence-electron chi connectivity index (χ4n) is 4.16. The largest absolute Gasteiger partial charge is 0.469 e. The molecule has 194 valence electrons. The SMILES string of the molecule is CCCc1cc2c(N3CCn4c(nnc4C(F)(F)F)C3)nc(Oc3ccc(CC(=O)OC)cc3)nc2s1. The summed E-state index contributed by atoms with van der Waals surface area (Å²) in [5.41, 5.74) is 0.773. The predicted molar refractivity (Wildman–Crippen MR) is 130 cm³/mol. The van der Waals surface area contributed by atoms with E-state index >= 15 is 0 Å². The third-order valence-corrected chi connectivity index (χ3v) is 7.00. The second kappa shape index (κ2) is 9.96. The number of aromatic nitrogens is 5. The van der Waals surface area contributed by atoms with Crippen molar-refractivity contribution in [2.45, 2.75) is 45.5 Å². The Balaban J connectivity index is 1.46. The molecular weight excluding hydrogens is 509 g/mol. The van der Waals surface area contributed by atoms with Crippen LogP contribution in [0.4, 0.5) is 19.0 Å². The van der Waals surface area contributed by atoms with Gasteiger partial charge in [0.25, 0.3) is 0 Å². The number of alkyl halides is 3. The zero-order chi connectivity index (χ0) is 26.2. The number of anilines is 1. The molecule has 1 aromatic carbocycles. The van der Waals surface area contributed by atoms with Gasteiger partial charge in [0.05, 0.1) is 25.5 Å². The van der Waals surface area contributed by atoms with Gasteiger partial charge in [-0.25, -0.2) is 0 Å². The Morgan fingerprint density at radius 1 is 1.14 bits per heavy atom. The summed E-state index contributed by atoms with van der Waals surface area (Å²) in [6, 6.07) is 9.09. The maximum atomic E-state index is 13.3. The molecule has 0 saturated carbocycles. The van der Waals surface area contributed by atoms with Gasteiger partial charge in [-0.1, -0.05) is 25.5 Å².